The summed E-state index contributed by atoms with van der Waals surface area (Å²) in [5.41, 5.74) is 0.693. The molecule has 1 atom stereocenters. The van der Waals surface area contributed by atoms with Crippen LogP contribution < -0.4 is 0 Å². The highest BCUT2D eigenvalue weighted by Crippen LogP contribution is 2.38. The second-order valence-corrected chi connectivity index (χ2v) is 6.69. The second-order valence-electron chi connectivity index (χ2n) is 6.69. The van der Waals surface area contributed by atoms with E-state index in [-0.39, 0.29) is 17.3 Å². The van der Waals surface area contributed by atoms with Gasteiger partial charge in [0.25, 0.3) is 0 Å². The van der Waals surface area contributed by atoms with Gasteiger partial charge in [-0.15, -0.1) is 0 Å². The number of benzene rings is 1. The van der Waals surface area contributed by atoms with Crippen LogP contribution in [-0.2, 0) is 5.41 Å². The van der Waals surface area contributed by atoms with Crippen LogP contribution in [-0.4, -0.2) is 11.2 Å². The summed E-state index contributed by atoms with van der Waals surface area (Å²) in [6, 6.07) is 6.55. The van der Waals surface area contributed by atoms with E-state index < -0.39 is 0 Å². The number of hydrogen-bond acceptors (Lipinski definition) is 1. The Morgan fingerprint density at radius 3 is 2.16 bits per heavy atom. The van der Waals surface area contributed by atoms with Crippen molar-refractivity contribution in [3.05, 3.63) is 35.6 Å². The summed E-state index contributed by atoms with van der Waals surface area (Å²) in [5, 5.41) is 10.7. The summed E-state index contributed by atoms with van der Waals surface area (Å²) in [6.45, 7) is 6.40. The highest BCUT2D eigenvalue weighted by Gasteiger charge is 2.36. The van der Waals surface area contributed by atoms with Gasteiger partial charge in [0, 0.05) is 5.41 Å². The van der Waals surface area contributed by atoms with E-state index in [2.05, 4.69) is 20.8 Å². The van der Waals surface area contributed by atoms with Gasteiger partial charge >= 0.3 is 0 Å². The average molecular weight is 264 g/mol. The first-order valence-electron chi connectivity index (χ1n) is 7.35. The fraction of sp³-hybridized carbons (Fsp3) is 0.647. The zero-order valence-electron chi connectivity index (χ0n) is 12.2. The third-order valence-corrected chi connectivity index (χ3v) is 4.83. The molecule has 106 valence electrons. The number of rotatable bonds is 3. The van der Waals surface area contributed by atoms with Crippen molar-refractivity contribution < 1.29 is 9.50 Å². The SMILES string of the molecule is CC1CCC(C(O)C(C)(C)c2ccc(F)cc2)CC1. The molecular weight excluding hydrogens is 239 g/mol. The largest absolute Gasteiger partial charge is 0.392 e. The summed E-state index contributed by atoms with van der Waals surface area (Å²) in [4.78, 5) is 0. The van der Waals surface area contributed by atoms with Crippen molar-refractivity contribution in [3.63, 3.8) is 0 Å². The zero-order valence-corrected chi connectivity index (χ0v) is 12.2. The predicted octanol–water partition coefficient (Wildman–Crippen LogP) is 4.29. The van der Waals surface area contributed by atoms with Crippen LogP contribution in [0, 0.1) is 17.7 Å². The Hall–Kier alpha value is -0.890. The van der Waals surface area contributed by atoms with Crippen molar-refractivity contribution >= 4 is 0 Å². The Bertz CT molecular complexity index is 402. The maximum Gasteiger partial charge on any atom is 0.123 e. The van der Waals surface area contributed by atoms with Gasteiger partial charge in [0.05, 0.1) is 6.10 Å². The van der Waals surface area contributed by atoms with Crippen LogP contribution in [0.15, 0.2) is 24.3 Å². The smallest absolute Gasteiger partial charge is 0.123 e. The van der Waals surface area contributed by atoms with Crippen molar-refractivity contribution in [2.75, 3.05) is 0 Å². The first-order valence-corrected chi connectivity index (χ1v) is 7.35. The molecule has 1 aromatic rings. The highest BCUT2D eigenvalue weighted by molar-refractivity contribution is 5.26. The Balaban J connectivity index is 2.12. The molecule has 2 heteroatoms. The molecule has 0 amide bonds. The Kier molecular flexibility index (Phi) is 4.29. The molecule has 2 rings (SSSR count). The van der Waals surface area contributed by atoms with Crippen LogP contribution in [0.25, 0.3) is 0 Å². The Morgan fingerprint density at radius 1 is 1.11 bits per heavy atom. The van der Waals surface area contributed by atoms with E-state index in [9.17, 15) is 9.50 Å². The highest BCUT2D eigenvalue weighted by atomic mass is 19.1. The number of halogens is 1. The predicted molar refractivity (Wildman–Crippen MR) is 76.6 cm³/mol. The molecule has 1 saturated carbocycles. The lowest BCUT2D eigenvalue weighted by Crippen LogP contribution is -2.40. The second kappa shape index (κ2) is 5.62. The molecule has 19 heavy (non-hydrogen) atoms. The van der Waals surface area contributed by atoms with E-state index in [1.54, 1.807) is 12.1 Å². The van der Waals surface area contributed by atoms with Crippen LogP contribution in [0.5, 0.6) is 0 Å². The number of aliphatic hydroxyl groups excluding tert-OH is 1. The van der Waals surface area contributed by atoms with Gasteiger partial charge in [0.15, 0.2) is 0 Å². The first kappa shape index (κ1) is 14.5. The monoisotopic (exact) mass is 264 g/mol. The van der Waals surface area contributed by atoms with Gasteiger partial charge in [0.1, 0.15) is 5.82 Å². The lowest BCUT2D eigenvalue weighted by Gasteiger charge is -2.39. The topological polar surface area (TPSA) is 20.2 Å². The van der Waals surface area contributed by atoms with E-state index in [0.29, 0.717) is 5.92 Å². The summed E-state index contributed by atoms with van der Waals surface area (Å²) >= 11 is 0. The van der Waals surface area contributed by atoms with Crippen molar-refractivity contribution in [3.8, 4) is 0 Å². The third-order valence-electron chi connectivity index (χ3n) is 4.83. The van der Waals surface area contributed by atoms with Gasteiger partial charge in [-0.05, 0) is 42.4 Å². The van der Waals surface area contributed by atoms with Gasteiger partial charge in [-0.3, -0.25) is 0 Å². The van der Waals surface area contributed by atoms with E-state index >= 15 is 0 Å². The minimum Gasteiger partial charge on any atom is -0.392 e. The molecule has 0 radical (unpaired) electrons. The summed E-state index contributed by atoms with van der Waals surface area (Å²) in [6.07, 6.45) is 4.27. The molecule has 0 saturated heterocycles. The maximum absolute atomic E-state index is 13.0. The fourth-order valence-corrected chi connectivity index (χ4v) is 3.24. The number of hydrogen-bond donors (Lipinski definition) is 1. The van der Waals surface area contributed by atoms with Crippen LogP contribution >= 0.6 is 0 Å². The van der Waals surface area contributed by atoms with Crippen molar-refractivity contribution in [1.82, 2.24) is 0 Å². The fourth-order valence-electron chi connectivity index (χ4n) is 3.24. The van der Waals surface area contributed by atoms with E-state index in [1.165, 1.54) is 25.0 Å². The molecule has 1 aliphatic carbocycles. The van der Waals surface area contributed by atoms with Gasteiger partial charge in [-0.1, -0.05) is 45.7 Å². The van der Waals surface area contributed by atoms with Crippen LogP contribution in [0.2, 0.25) is 0 Å². The molecule has 1 nitrogen and oxygen atoms in total. The molecular formula is C17H25FO. The van der Waals surface area contributed by atoms with Crippen LogP contribution in [0.4, 0.5) is 4.39 Å². The minimum atomic E-state index is -0.356. The van der Waals surface area contributed by atoms with Crippen molar-refractivity contribution in [2.45, 2.75) is 58.0 Å². The van der Waals surface area contributed by atoms with Crippen LogP contribution in [0.3, 0.4) is 0 Å². The molecule has 1 unspecified atom stereocenters. The molecule has 0 spiro atoms. The normalized spacial score (nSPS) is 26.2. The van der Waals surface area contributed by atoms with Crippen LogP contribution in [0.1, 0.15) is 52.0 Å². The molecule has 1 aliphatic rings. The Labute approximate surface area is 115 Å². The van der Waals surface area contributed by atoms with Gasteiger partial charge in [-0.2, -0.15) is 0 Å². The minimum absolute atomic E-state index is 0.222. The molecule has 0 aromatic heterocycles. The molecule has 0 aliphatic heterocycles. The summed E-state index contributed by atoms with van der Waals surface area (Å²) in [7, 11) is 0. The van der Waals surface area contributed by atoms with E-state index in [4.69, 9.17) is 0 Å². The van der Waals surface area contributed by atoms with Crippen molar-refractivity contribution in [1.29, 1.82) is 0 Å². The zero-order chi connectivity index (χ0) is 14.0. The lowest BCUT2D eigenvalue weighted by molar-refractivity contribution is 0.0211. The summed E-state index contributed by atoms with van der Waals surface area (Å²) < 4.78 is 13.0. The maximum atomic E-state index is 13.0. The first-order chi connectivity index (χ1) is 8.91. The van der Waals surface area contributed by atoms with Gasteiger partial charge < -0.3 is 5.11 Å². The molecule has 1 fully saturated rings. The van der Waals surface area contributed by atoms with Crippen molar-refractivity contribution in [2.24, 2.45) is 11.8 Å². The standard InChI is InChI=1S/C17H25FO/c1-12-4-6-13(7-5-12)16(19)17(2,3)14-8-10-15(18)11-9-14/h8-13,16,19H,4-7H2,1-3H3. The molecule has 1 N–H and O–H groups in total. The Morgan fingerprint density at radius 2 is 1.63 bits per heavy atom. The van der Waals surface area contributed by atoms with Gasteiger partial charge in [-0.25, -0.2) is 4.39 Å². The quantitative estimate of drug-likeness (QED) is 0.863. The molecule has 0 heterocycles. The average Bonchev–Trinajstić information content (AvgIpc) is 2.39. The van der Waals surface area contributed by atoms with E-state index in [1.807, 2.05) is 0 Å². The molecule has 0 bridgehead atoms. The lowest BCUT2D eigenvalue weighted by atomic mass is 9.69. The van der Waals surface area contributed by atoms with E-state index in [0.717, 1.165) is 24.3 Å². The number of aliphatic hydroxyl groups is 1. The molecule has 1 aromatic carbocycles. The summed E-state index contributed by atoms with van der Waals surface area (Å²) in [5.74, 6) is 0.939. The van der Waals surface area contributed by atoms with Gasteiger partial charge in [0.2, 0.25) is 0 Å². The third kappa shape index (κ3) is 3.17.